The topological polar surface area (TPSA) is 52.6 Å². The normalized spacial score (nSPS) is 10.9. The highest BCUT2D eigenvalue weighted by Crippen LogP contribution is 2.18. The number of benzene rings is 5. The fraction of sp³-hybridized carbons (Fsp3) is 0.125. The Morgan fingerprint density at radius 2 is 0.635 bits per heavy atom. The summed E-state index contributed by atoms with van der Waals surface area (Å²) in [6.45, 7) is 14.7. The average molecular weight is 687 g/mol. The SMILES string of the molecule is C=C(C)C(=O)Oc1ccc(/C=C/c2ccc(/C=C/c3ccc(CC)cc3)cc2)cc1.C=C(C)C(=O)Oc1ccc(/C=C/c2ccc(CC)cc2)cc1. The maximum Gasteiger partial charge on any atom is 0.338 e. The Bertz CT molecular complexity index is 2020. The van der Waals surface area contributed by atoms with Gasteiger partial charge in [-0.3, -0.25) is 0 Å². The molecule has 0 radical (unpaired) electrons. The Morgan fingerprint density at radius 3 is 0.846 bits per heavy atom. The van der Waals surface area contributed by atoms with E-state index in [-0.39, 0.29) is 0 Å². The van der Waals surface area contributed by atoms with Crippen LogP contribution in [0.3, 0.4) is 0 Å². The first-order valence-corrected chi connectivity index (χ1v) is 17.4. The van der Waals surface area contributed by atoms with E-state index in [1.54, 1.807) is 38.1 Å². The summed E-state index contributed by atoms with van der Waals surface area (Å²) in [5.41, 5.74) is 10.2. The average Bonchev–Trinajstić information content (AvgIpc) is 3.17. The van der Waals surface area contributed by atoms with Gasteiger partial charge in [0.2, 0.25) is 0 Å². The van der Waals surface area contributed by atoms with E-state index in [9.17, 15) is 9.59 Å². The number of carbonyl (C=O) groups excluding carboxylic acids is 2. The molecule has 0 heterocycles. The van der Waals surface area contributed by atoms with Crippen molar-refractivity contribution in [3.05, 3.63) is 190 Å². The van der Waals surface area contributed by atoms with Gasteiger partial charge in [-0.05, 0) is 95.5 Å². The van der Waals surface area contributed by atoms with Crippen molar-refractivity contribution >= 4 is 48.4 Å². The van der Waals surface area contributed by atoms with Gasteiger partial charge in [0, 0.05) is 11.1 Å². The summed E-state index contributed by atoms with van der Waals surface area (Å²) in [5, 5.41) is 0. The smallest absolute Gasteiger partial charge is 0.338 e. The number of esters is 2. The maximum atomic E-state index is 11.5. The summed E-state index contributed by atoms with van der Waals surface area (Å²) in [4.78, 5) is 23.0. The molecule has 0 unspecified atom stereocenters. The molecular formula is C48H46O4. The number of rotatable bonds is 12. The number of hydrogen-bond donors (Lipinski definition) is 0. The van der Waals surface area contributed by atoms with Crippen molar-refractivity contribution in [2.75, 3.05) is 0 Å². The van der Waals surface area contributed by atoms with E-state index in [2.05, 4.69) is 124 Å². The maximum absolute atomic E-state index is 11.5. The van der Waals surface area contributed by atoms with Gasteiger partial charge in [0.1, 0.15) is 11.5 Å². The predicted molar refractivity (Wildman–Crippen MR) is 219 cm³/mol. The third kappa shape index (κ3) is 12.9. The molecule has 0 amide bonds. The summed E-state index contributed by atoms with van der Waals surface area (Å²) in [6, 6.07) is 40.3. The highest BCUT2D eigenvalue weighted by atomic mass is 16.5. The molecule has 0 fully saturated rings. The predicted octanol–water partition coefficient (Wildman–Crippen LogP) is 12.0. The van der Waals surface area contributed by atoms with Crippen molar-refractivity contribution in [1.82, 2.24) is 0 Å². The second-order valence-electron chi connectivity index (χ2n) is 12.3. The van der Waals surface area contributed by atoms with Crippen LogP contribution in [0.1, 0.15) is 72.2 Å². The zero-order valence-electron chi connectivity index (χ0n) is 30.5. The molecule has 262 valence electrons. The van der Waals surface area contributed by atoms with E-state index in [0.717, 1.165) is 40.7 Å². The number of carbonyl (C=O) groups is 2. The first-order valence-electron chi connectivity index (χ1n) is 17.4. The molecule has 0 saturated carbocycles. The summed E-state index contributed by atoms with van der Waals surface area (Å²) in [6.07, 6.45) is 14.6. The lowest BCUT2D eigenvalue weighted by molar-refractivity contribution is -0.130. The Kier molecular flexibility index (Phi) is 14.7. The molecule has 0 N–H and O–H groups in total. The Morgan fingerprint density at radius 1 is 0.423 bits per heavy atom. The molecule has 5 aromatic rings. The van der Waals surface area contributed by atoms with Crippen LogP contribution in [0.25, 0.3) is 36.5 Å². The van der Waals surface area contributed by atoms with Crippen molar-refractivity contribution in [3.63, 3.8) is 0 Å². The van der Waals surface area contributed by atoms with E-state index in [0.29, 0.717) is 22.6 Å². The van der Waals surface area contributed by atoms with Gasteiger partial charge in [0.25, 0.3) is 0 Å². The van der Waals surface area contributed by atoms with E-state index in [1.165, 1.54) is 16.7 Å². The van der Waals surface area contributed by atoms with Gasteiger partial charge in [-0.2, -0.15) is 0 Å². The van der Waals surface area contributed by atoms with Crippen LogP contribution in [0.4, 0.5) is 0 Å². The number of aryl methyl sites for hydroxylation is 2. The molecule has 0 aliphatic carbocycles. The number of hydrogen-bond acceptors (Lipinski definition) is 4. The molecule has 52 heavy (non-hydrogen) atoms. The molecule has 0 spiro atoms. The fourth-order valence-electron chi connectivity index (χ4n) is 4.71. The van der Waals surface area contributed by atoms with Crippen LogP contribution in [0.5, 0.6) is 11.5 Å². The third-order valence-electron chi connectivity index (χ3n) is 8.00. The second kappa shape index (κ2) is 19.8. The van der Waals surface area contributed by atoms with Gasteiger partial charge in [0.05, 0.1) is 0 Å². The van der Waals surface area contributed by atoms with Crippen molar-refractivity contribution in [3.8, 4) is 11.5 Å². The number of ether oxygens (including phenoxy) is 2. The first kappa shape index (κ1) is 38.5. The lowest BCUT2D eigenvalue weighted by Crippen LogP contribution is -2.07. The summed E-state index contributed by atoms with van der Waals surface area (Å²) < 4.78 is 10.4. The highest BCUT2D eigenvalue weighted by Gasteiger charge is 2.05. The first-order chi connectivity index (χ1) is 25.1. The lowest BCUT2D eigenvalue weighted by atomic mass is 10.1. The summed E-state index contributed by atoms with van der Waals surface area (Å²) in [5.74, 6) is 0.225. The van der Waals surface area contributed by atoms with Crippen molar-refractivity contribution < 1.29 is 19.1 Å². The fourth-order valence-corrected chi connectivity index (χ4v) is 4.71. The second-order valence-corrected chi connectivity index (χ2v) is 12.3. The van der Waals surface area contributed by atoms with Crippen LogP contribution < -0.4 is 9.47 Å². The third-order valence-corrected chi connectivity index (χ3v) is 8.00. The molecule has 0 aliphatic rings. The van der Waals surface area contributed by atoms with Crippen LogP contribution in [0, 0.1) is 0 Å². The molecule has 5 rings (SSSR count). The lowest BCUT2D eigenvalue weighted by Gasteiger charge is -2.03. The molecule has 0 bridgehead atoms. The largest absolute Gasteiger partial charge is 0.423 e. The minimum absolute atomic E-state index is 0.381. The zero-order chi connectivity index (χ0) is 37.3. The summed E-state index contributed by atoms with van der Waals surface area (Å²) >= 11 is 0. The van der Waals surface area contributed by atoms with Crippen molar-refractivity contribution in [2.24, 2.45) is 0 Å². The van der Waals surface area contributed by atoms with E-state index in [4.69, 9.17) is 9.47 Å². The minimum atomic E-state index is -0.412. The van der Waals surface area contributed by atoms with Gasteiger partial charge in [-0.15, -0.1) is 0 Å². The standard InChI is InChI=1S/C28H26O2.C20H20O2/c1-4-22-5-7-23(8-6-22)9-10-24-11-13-25(14-12-24)15-16-26-17-19-27(20-18-26)30-28(29)21(2)3;1-4-16-5-7-17(8-6-16)9-10-18-11-13-19(14-12-18)22-20(21)15(2)3/h5-20H,2,4H2,1,3H3;5-14H,2,4H2,1,3H3/b10-9+,16-15+;10-9+. The molecule has 0 aromatic heterocycles. The quantitative estimate of drug-likeness (QED) is 0.0567. The van der Waals surface area contributed by atoms with Crippen molar-refractivity contribution in [1.29, 1.82) is 0 Å². The Labute approximate surface area is 308 Å². The van der Waals surface area contributed by atoms with E-state index in [1.807, 2.05) is 36.4 Å². The van der Waals surface area contributed by atoms with Crippen LogP contribution >= 0.6 is 0 Å². The van der Waals surface area contributed by atoms with Gasteiger partial charge >= 0.3 is 11.9 Å². The van der Waals surface area contributed by atoms with Crippen LogP contribution in [-0.2, 0) is 22.4 Å². The molecule has 5 aromatic carbocycles. The van der Waals surface area contributed by atoms with Crippen molar-refractivity contribution in [2.45, 2.75) is 40.5 Å². The Hall–Kier alpha value is -6.26. The van der Waals surface area contributed by atoms with E-state index >= 15 is 0 Å². The van der Waals surface area contributed by atoms with E-state index < -0.39 is 11.9 Å². The molecule has 4 nitrogen and oxygen atoms in total. The highest BCUT2D eigenvalue weighted by molar-refractivity contribution is 5.89. The minimum Gasteiger partial charge on any atom is -0.423 e. The van der Waals surface area contributed by atoms with Gasteiger partial charge in [-0.25, -0.2) is 9.59 Å². The van der Waals surface area contributed by atoms with Crippen LogP contribution in [0.15, 0.2) is 146 Å². The Balaban J connectivity index is 0.000000244. The monoisotopic (exact) mass is 686 g/mol. The van der Waals surface area contributed by atoms with Crippen LogP contribution in [0.2, 0.25) is 0 Å². The zero-order valence-corrected chi connectivity index (χ0v) is 30.5. The molecule has 0 aliphatic heterocycles. The molecule has 4 heteroatoms. The summed E-state index contributed by atoms with van der Waals surface area (Å²) in [7, 11) is 0. The molecule has 0 atom stereocenters. The van der Waals surface area contributed by atoms with Crippen LogP contribution in [-0.4, -0.2) is 11.9 Å². The molecular weight excluding hydrogens is 641 g/mol. The van der Waals surface area contributed by atoms with Gasteiger partial charge in [0.15, 0.2) is 0 Å². The molecule has 0 saturated heterocycles. The van der Waals surface area contributed by atoms with Gasteiger partial charge < -0.3 is 9.47 Å². The van der Waals surface area contributed by atoms with Gasteiger partial charge in [-0.1, -0.05) is 161 Å².